The molecule has 2 heterocycles. The lowest BCUT2D eigenvalue weighted by Crippen LogP contribution is -2.30. The Kier molecular flexibility index (Phi) is 4.97. The van der Waals surface area contributed by atoms with Crippen LogP contribution in [0, 0.1) is 0 Å². The summed E-state index contributed by atoms with van der Waals surface area (Å²) in [5.74, 6) is 1.87. The van der Waals surface area contributed by atoms with Gasteiger partial charge in [0.2, 0.25) is 5.76 Å². The first-order chi connectivity index (χ1) is 12.8. The Hall–Kier alpha value is -2.28. The van der Waals surface area contributed by atoms with Crippen molar-refractivity contribution >= 4 is 28.7 Å². The molecule has 4 rings (SSSR count). The van der Waals surface area contributed by atoms with E-state index in [1.807, 2.05) is 24.3 Å². The minimum atomic E-state index is -0.202. The van der Waals surface area contributed by atoms with E-state index in [4.69, 9.17) is 4.52 Å². The second kappa shape index (κ2) is 7.53. The minimum absolute atomic E-state index is 0.188. The van der Waals surface area contributed by atoms with Gasteiger partial charge in [0, 0.05) is 5.56 Å². The van der Waals surface area contributed by atoms with Gasteiger partial charge >= 0.3 is 0 Å². The summed E-state index contributed by atoms with van der Waals surface area (Å²) in [5, 5.41) is 7.19. The summed E-state index contributed by atoms with van der Waals surface area (Å²) in [7, 11) is 0. The molecule has 3 aromatic rings. The number of aromatic amines is 1. The van der Waals surface area contributed by atoms with Gasteiger partial charge in [-0.05, 0) is 56.2 Å². The quantitative estimate of drug-likeness (QED) is 0.692. The first-order valence-electron chi connectivity index (χ1n) is 8.98. The monoisotopic (exact) mass is 370 g/mol. The number of amides is 1. The summed E-state index contributed by atoms with van der Waals surface area (Å²) in [5.41, 5.74) is 3.79. The van der Waals surface area contributed by atoms with E-state index in [1.165, 1.54) is 0 Å². The fourth-order valence-corrected chi connectivity index (χ4v) is 3.91. The molecule has 2 aromatic heterocycles. The lowest BCUT2D eigenvalue weighted by atomic mass is 9.96. The number of fused-ring (bicyclic) bond motifs is 2. The van der Waals surface area contributed by atoms with Crippen LogP contribution in [0.3, 0.4) is 0 Å². The second-order valence-electron chi connectivity index (χ2n) is 6.59. The maximum atomic E-state index is 12.8. The zero-order valence-electron chi connectivity index (χ0n) is 14.7. The van der Waals surface area contributed by atoms with E-state index < -0.39 is 0 Å². The largest absolute Gasteiger partial charge is 0.350 e. The fourth-order valence-electron chi connectivity index (χ4n) is 3.44. The van der Waals surface area contributed by atoms with Crippen LogP contribution in [0.5, 0.6) is 0 Å². The molecule has 1 aromatic carbocycles. The first kappa shape index (κ1) is 17.1. The molecule has 0 saturated carbocycles. The van der Waals surface area contributed by atoms with E-state index >= 15 is 0 Å². The van der Waals surface area contributed by atoms with Gasteiger partial charge in [-0.1, -0.05) is 17.3 Å². The molecule has 0 spiro atoms. The van der Waals surface area contributed by atoms with E-state index in [-0.39, 0.29) is 11.9 Å². The van der Waals surface area contributed by atoms with Crippen LogP contribution in [0.25, 0.3) is 11.0 Å². The van der Waals surface area contributed by atoms with E-state index in [0.29, 0.717) is 5.76 Å². The number of carbonyl (C=O) groups excluding carboxylic acids is 1. The fraction of sp³-hybridized carbons (Fsp3) is 0.421. The van der Waals surface area contributed by atoms with Crippen molar-refractivity contribution in [3.8, 4) is 0 Å². The highest BCUT2D eigenvalue weighted by atomic mass is 32.2. The number of nitrogens with one attached hydrogen (secondary N) is 2. The molecular weight excluding hydrogens is 348 g/mol. The molecule has 1 atom stereocenters. The molecule has 0 bridgehead atoms. The van der Waals surface area contributed by atoms with Crippen molar-refractivity contribution in [1.82, 2.24) is 20.4 Å². The Bertz CT molecular complexity index is 884. The summed E-state index contributed by atoms with van der Waals surface area (Å²) in [6.07, 6.45) is 6.80. The standard InChI is InChI=1S/C19H22N4O2S/c1-26-11-10-16(18-20-14-8-4-5-9-15(14)21-18)22-19(24)17-12-6-2-3-7-13(12)23-25-17/h4-5,8-9,16H,2-3,6-7,10-11H2,1H3,(H,20,21)(H,22,24)/t16-/m0/s1. The number of benzene rings is 1. The number of rotatable bonds is 6. The lowest BCUT2D eigenvalue weighted by molar-refractivity contribution is 0.0895. The molecule has 0 fully saturated rings. The van der Waals surface area contributed by atoms with Gasteiger partial charge in [-0.2, -0.15) is 11.8 Å². The maximum Gasteiger partial charge on any atom is 0.290 e. The number of hydrogen-bond donors (Lipinski definition) is 2. The number of carbonyl (C=O) groups is 1. The third-order valence-electron chi connectivity index (χ3n) is 4.82. The number of hydrogen-bond acceptors (Lipinski definition) is 5. The third-order valence-corrected chi connectivity index (χ3v) is 5.46. The minimum Gasteiger partial charge on any atom is -0.350 e. The number of aryl methyl sites for hydroxylation is 1. The molecule has 0 aliphatic heterocycles. The van der Waals surface area contributed by atoms with Crippen LogP contribution in [0.4, 0.5) is 0 Å². The number of imidazole rings is 1. The third kappa shape index (κ3) is 3.35. The van der Waals surface area contributed by atoms with Crippen LogP contribution >= 0.6 is 11.8 Å². The molecule has 1 aliphatic rings. The SMILES string of the molecule is CSCC[C@H](NC(=O)c1onc2c1CCCC2)c1nc2ccccc2[nH]1. The molecule has 2 N–H and O–H groups in total. The highest BCUT2D eigenvalue weighted by molar-refractivity contribution is 7.98. The smallest absolute Gasteiger partial charge is 0.290 e. The Morgan fingerprint density at radius 2 is 2.19 bits per heavy atom. The van der Waals surface area contributed by atoms with Crippen LogP contribution in [-0.2, 0) is 12.8 Å². The second-order valence-corrected chi connectivity index (χ2v) is 7.58. The van der Waals surface area contributed by atoms with Crippen LogP contribution in [0.1, 0.15) is 52.9 Å². The Morgan fingerprint density at radius 3 is 3.04 bits per heavy atom. The predicted octanol–water partition coefficient (Wildman–Crippen LogP) is 3.65. The van der Waals surface area contributed by atoms with Crippen molar-refractivity contribution in [2.75, 3.05) is 12.0 Å². The number of nitrogens with zero attached hydrogens (tertiary/aromatic N) is 2. The number of thioether (sulfide) groups is 1. The van der Waals surface area contributed by atoms with Crippen LogP contribution in [-0.4, -0.2) is 33.0 Å². The van der Waals surface area contributed by atoms with Crippen molar-refractivity contribution in [2.24, 2.45) is 0 Å². The molecular formula is C19H22N4O2S. The molecule has 0 radical (unpaired) electrons. The highest BCUT2D eigenvalue weighted by Gasteiger charge is 2.27. The van der Waals surface area contributed by atoms with Crippen molar-refractivity contribution in [2.45, 2.75) is 38.1 Å². The topological polar surface area (TPSA) is 83.8 Å². The van der Waals surface area contributed by atoms with Crippen molar-refractivity contribution in [3.05, 3.63) is 47.1 Å². The maximum absolute atomic E-state index is 12.8. The van der Waals surface area contributed by atoms with Gasteiger partial charge in [-0.25, -0.2) is 4.98 Å². The van der Waals surface area contributed by atoms with Crippen LogP contribution in [0.2, 0.25) is 0 Å². The number of aromatic nitrogens is 3. The average molecular weight is 370 g/mol. The van der Waals surface area contributed by atoms with Crippen molar-refractivity contribution in [1.29, 1.82) is 0 Å². The van der Waals surface area contributed by atoms with Gasteiger partial charge in [-0.15, -0.1) is 0 Å². The zero-order chi connectivity index (χ0) is 17.9. The Labute approximate surface area is 156 Å². The van der Waals surface area contributed by atoms with Crippen molar-refractivity contribution in [3.63, 3.8) is 0 Å². The molecule has 26 heavy (non-hydrogen) atoms. The summed E-state index contributed by atoms with van der Waals surface area (Å²) < 4.78 is 5.38. The van der Waals surface area contributed by atoms with Gasteiger partial charge in [0.15, 0.2) is 0 Å². The molecule has 1 aliphatic carbocycles. The normalized spacial score (nSPS) is 15.0. The molecule has 136 valence electrons. The first-order valence-corrected chi connectivity index (χ1v) is 10.4. The van der Waals surface area contributed by atoms with Crippen LogP contribution < -0.4 is 5.32 Å². The van der Waals surface area contributed by atoms with Gasteiger partial charge in [0.1, 0.15) is 5.82 Å². The molecule has 6 nitrogen and oxygen atoms in total. The summed E-state index contributed by atoms with van der Waals surface area (Å²) >= 11 is 1.75. The number of para-hydroxylation sites is 2. The average Bonchev–Trinajstić information content (AvgIpc) is 3.29. The molecule has 0 saturated heterocycles. The highest BCUT2D eigenvalue weighted by Crippen LogP contribution is 2.25. The van der Waals surface area contributed by atoms with E-state index in [0.717, 1.165) is 66.0 Å². The molecule has 1 amide bonds. The summed E-state index contributed by atoms with van der Waals surface area (Å²) in [6, 6.07) is 7.71. The van der Waals surface area contributed by atoms with Gasteiger partial charge in [0.05, 0.1) is 22.8 Å². The summed E-state index contributed by atoms with van der Waals surface area (Å²) in [4.78, 5) is 20.8. The predicted molar refractivity (Wildman–Crippen MR) is 102 cm³/mol. The molecule has 7 heteroatoms. The lowest BCUT2D eigenvalue weighted by Gasteiger charge is -2.16. The summed E-state index contributed by atoms with van der Waals surface area (Å²) in [6.45, 7) is 0. The van der Waals surface area contributed by atoms with Gasteiger partial charge < -0.3 is 14.8 Å². The Morgan fingerprint density at radius 1 is 1.35 bits per heavy atom. The number of H-pyrrole nitrogens is 1. The van der Waals surface area contributed by atoms with Crippen LogP contribution in [0.15, 0.2) is 28.8 Å². The van der Waals surface area contributed by atoms with Crippen molar-refractivity contribution < 1.29 is 9.32 Å². The van der Waals surface area contributed by atoms with Gasteiger partial charge in [-0.3, -0.25) is 4.79 Å². The zero-order valence-corrected chi connectivity index (χ0v) is 15.6. The molecule has 0 unspecified atom stereocenters. The van der Waals surface area contributed by atoms with Gasteiger partial charge in [0.25, 0.3) is 5.91 Å². The van der Waals surface area contributed by atoms with E-state index in [2.05, 4.69) is 26.7 Å². The van der Waals surface area contributed by atoms with E-state index in [1.54, 1.807) is 11.8 Å². The Balaban J connectivity index is 1.58. The van der Waals surface area contributed by atoms with E-state index in [9.17, 15) is 4.79 Å².